The molecule has 4 nitrogen and oxygen atoms in total. The minimum Gasteiger partial charge on any atom is -0.350 e. The summed E-state index contributed by atoms with van der Waals surface area (Å²) < 4.78 is 0. The number of rotatable bonds is 8. The normalized spacial score (nSPS) is 12.4. The van der Waals surface area contributed by atoms with Gasteiger partial charge in [-0.15, -0.1) is 11.8 Å². The van der Waals surface area contributed by atoms with E-state index in [0.29, 0.717) is 26.4 Å². The van der Waals surface area contributed by atoms with Crippen LogP contribution in [0.5, 0.6) is 0 Å². The van der Waals surface area contributed by atoms with Crippen LogP contribution in [0.15, 0.2) is 42.5 Å². The molecule has 0 aromatic heterocycles. The van der Waals surface area contributed by atoms with Gasteiger partial charge in [-0.1, -0.05) is 59.1 Å². The zero-order valence-electron chi connectivity index (χ0n) is 18.0. The van der Waals surface area contributed by atoms with E-state index < -0.39 is 11.6 Å². The van der Waals surface area contributed by atoms with E-state index in [4.69, 9.17) is 34.8 Å². The van der Waals surface area contributed by atoms with Gasteiger partial charge in [0.25, 0.3) is 0 Å². The Morgan fingerprint density at radius 1 is 1.00 bits per heavy atom. The van der Waals surface area contributed by atoms with E-state index in [9.17, 15) is 9.59 Å². The van der Waals surface area contributed by atoms with Crippen molar-refractivity contribution >= 4 is 58.4 Å². The van der Waals surface area contributed by atoms with Crippen LogP contribution in [0.4, 0.5) is 0 Å². The van der Waals surface area contributed by atoms with Gasteiger partial charge in [0.05, 0.1) is 5.75 Å². The van der Waals surface area contributed by atoms with Crippen molar-refractivity contribution in [2.45, 2.75) is 51.6 Å². The first-order chi connectivity index (χ1) is 14.5. The van der Waals surface area contributed by atoms with Crippen molar-refractivity contribution in [2.75, 3.05) is 5.75 Å². The number of benzene rings is 2. The maximum atomic E-state index is 13.2. The number of hydrogen-bond donors (Lipinski definition) is 1. The molecule has 0 radical (unpaired) electrons. The quantitative estimate of drug-likeness (QED) is 0.468. The molecule has 0 spiro atoms. The third-order valence-corrected chi connectivity index (χ3v) is 6.54. The molecule has 0 heterocycles. The standard InChI is InChI=1S/C23H27Cl3N2O2S/c1-15(22(30)27-23(2,3)4)28(12-17-19(25)10-7-11-20(17)26)21(29)14-31-13-16-8-5-6-9-18(16)24/h5-11,15H,12-14H2,1-4H3,(H,27,30)/t15-/m1/s1. The Morgan fingerprint density at radius 2 is 1.58 bits per heavy atom. The van der Waals surface area contributed by atoms with Gasteiger partial charge in [0, 0.05) is 38.5 Å². The molecule has 1 atom stereocenters. The Bertz CT molecular complexity index is 911. The molecule has 8 heteroatoms. The lowest BCUT2D eigenvalue weighted by atomic mass is 10.1. The summed E-state index contributed by atoms with van der Waals surface area (Å²) in [6, 6.07) is 12.0. The molecule has 0 bridgehead atoms. The molecular formula is C23H27Cl3N2O2S. The van der Waals surface area contributed by atoms with Crippen molar-refractivity contribution < 1.29 is 9.59 Å². The number of nitrogens with zero attached hydrogens (tertiary/aromatic N) is 1. The van der Waals surface area contributed by atoms with Gasteiger partial charge in [-0.3, -0.25) is 9.59 Å². The van der Waals surface area contributed by atoms with Crippen molar-refractivity contribution in [1.29, 1.82) is 0 Å². The van der Waals surface area contributed by atoms with Crippen LogP contribution in [-0.4, -0.2) is 34.0 Å². The first kappa shape index (κ1) is 25.9. The molecule has 2 aromatic carbocycles. The predicted molar refractivity (Wildman–Crippen MR) is 132 cm³/mol. The Morgan fingerprint density at radius 3 is 2.16 bits per heavy atom. The first-order valence-corrected chi connectivity index (χ1v) is 12.1. The van der Waals surface area contributed by atoms with Crippen molar-refractivity contribution in [3.8, 4) is 0 Å². The Kier molecular flexibility index (Phi) is 9.56. The van der Waals surface area contributed by atoms with E-state index >= 15 is 0 Å². The maximum Gasteiger partial charge on any atom is 0.242 e. The topological polar surface area (TPSA) is 49.4 Å². The molecule has 0 saturated heterocycles. The highest BCUT2D eigenvalue weighted by Crippen LogP contribution is 2.27. The number of halogens is 3. The van der Waals surface area contributed by atoms with Crippen molar-refractivity contribution in [3.63, 3.8) is 0 Å². The molecule has 0 aliphatic rings. The molecule has 0 aliphatic carbocycles. The van der Waals surface area contributed by atoms with Crippen LogP contribution >= 0.6 is 46.6 Å². The van der Waals surface area contributed by atoms with Crippen molar-refractivity contribution in [1.82, 2.24) is 10.2 Å². The molecular weight excluding hydrogens is 475 g/mol. The van der Waals surface area contributed by atoms with Gasteiger partial charge in [-0.2, -0.15) is 0 Å². The average molecular weight is 502 g/mol. The lowest BCUT2D eigenvalue weighted by Gasteiger charge is -2.32. The molecule has 0 aliphatic heterocycles. The highest BCUT2D eigenvalue weighted by molar-refractivity contribution is 7.99. The fourth-order valence-corrected chi connectivity index (χ4v) is 4.57. The minimum absolute atomic E-state index is 0.142. The smallest absolute Gasteiger partial charge is 0.242 e. The van der Waals surface area contributed by atoms with Crippen molar-refractivity contribution in [2.24, 2.45) is 0 Å². The summed E-state index contributed by atoms with van der Waals surface area (Å²) in [5.74, 6) is 0.375. The van der Waals surface area contributed by atoms with E-state index in [2.05, 4.69) is 5.32 Å². The van der Waals surface area contributed by atoms with E-state index in [1.54, 1.807) is 25.1 Å². The molecule has 1 N–H and O–H groups in total. The van der Waals surface area contributed by atoms with Gasteiger partial charge in [-0.25, -0.2) is 0 Å². The number of amides is 2. The van der Waals surface area contributed by atoms with E-state index in [-0.39, 0.29) is 24.1 Å². The van der Waals surface area contributed by atoms with Crippen LogP contribution < -0.4 is 5.32 Å². The molecule has 0 unspecified atom stereocenters. The molecule has 31 heavy (non-hydrogen) atoms. The summed E-state index contributed by atoms with van der Waals surface area (Å²) in [6.07, 6.45) is 0. The molecule has 2 rings (SSSR count). The second-order valence-corrected chi connectivity index (χ2v) is 10.4. The third-order valence-electron chi connectivity index (χ3n) is 4.50. The van der Waals surface area contributed by atoms with Gasteiger partial charge in [0.1, 0.15) is 6.04 Å². The molecule has 168 valence electrons. The first-order valence-electron chi connectivity index (χ1n) is 9.85. The van der Waals surface area contributed by atoms with Gasteiger partial charge in [0.15, 0.2) is 0 Å². The lowest BCUT2D eigenvalue weighted by Crippen LogP contribution is -2.52. The average Bonchev–Trinajstić information content (AvgIpc) is 2.67. The number of carbonyl (C=O) groups excluding carboxylic acids is 2. The highest BCUT2D eigenvalue weighted by atomic mass is 35.5. The van der Waals surface area contributed by atoms with Gasteiger partial charge < -0.3 is 10.2 Å². The van der Waals surface area contributed by atoms with Crippen LogP contribution in [0.1, 0.15) is 38.8 Å². The fourth-order valence-electron chi connectivity index (χ4n) is 2.86. The monoisotopic (exact) mass is 500 g/mol. The third kappa shape index (κ3) is 7.90. The number of carbonyl (C=O) groups is 2. The number of hydrogen-bond acceptors (Lipinski definition) is 3. The summed E-state index contributed by atoms with van der Waals surface area (Å²) in [7, 11) is 0. The SMILES string of the molecule is C[C@H](C(=O)NC(C)(C)C)N(Cc1c(Cl)cccc1Cl)C(=O)CSCc1ccccc1Cl. The molecule has 2 aromatic rings. The maximum absolute atomic E-state index is 13.2. The highest BCUT2D eigenvalue weighted by Gasteiger charge is 2.29. The Hall–Kier alpha value is -1.40. The Labute approximate surface area is 203 Å². The molecule has 0 fully saturated rings. The zero-order chi connectivity index (χ0) is 23.2. The Balaban J connectivity index is 2.18. The molecule has 0 saturated carbocycles. The summed E-state index contributed by atoms with van der Waals surface area (Å²) in [4.78, 5) is 27.5. The van der Waals surface area contributed by atoms with Gasteiger partial charge in [0.2, 0.25) is 11.8 Å². The predicted octanol–water partition coefficient (Wildman–Crippen LogP) is 6.21. The van der Waals surface area contributed by atoms with Crippen molar-refractivity contribution in [3.05, 3.63) is 68.7 Å². The molecule has 2 amide bonds. The minimum atomic E-state index is -0.694. The summed E-state index contributed by atoms with van der Waals surface area (Å²) >= 11 is 20.3. The van der Waals surface area contributed by atoms with Crippen LogP contribution in [0, 0.1) is 0 Å². The van der Waals surface area contributed by atoms with E-state index in [0.717, 1.165) is 5.56 Å². The van der Waals surface area contributed by atoms with Crippen LogP contribution in [0.2, 0.25) is 15.1 Å². The van der Waals surface area contributed by atoms with Crippen LogP contribution in [-0.2, 0) is 21.9 Å². The summed E-state index contributed by atoms with van der Waals surface area (Å²) in [5, 5.41) is 4.51. The van der Waals surface area contributed by atoms with E-state index in [1.165, 1.54) is 16.7 Å². The summed E-state index contributed by atoms with van der Waals surface area (Å²) in [5.41, 5.74) is 1.16. The lowest BCUT2D eigenvalue weighted by molar-refractivity contribution is -0.139. The van der Waals surface area contributed by atoms with E-state index in [1.807, 2.05) is 45.0 Å². The van der Waals surface area contributed by atoms with Crippen LogP contribution in [0.25, 0.3) is 0 Å². The van der Waals surface area contributed by atoms with Gasteiger partial charge in [-0.05, 0) is 51.5 Å². The second kappa shape index (κ2) is 11.5. The van der Waals surface area contributed by atoms with Gasteiger partial charge >= 0.3 is 0 Å². The van der Waals surface area contributed by atoms with Crippen LogP contribution in [0.3, 0.4) is 0 Å². The largest absolute Gasteiger partial charge is 0.350 e. The summed E-state index contributed by atoms with van der Waals surface area (Å²) in [6.45, 7) is 7.54. The number of thioether (sulfide) groups is 1. The second-order valence-electron chi connectivity index (χ2n) is 8.22. The fraction of sp³-hybridized carbons (Fsp3) is 0.391. The zero-order valence-corrected chi connectivity index (χ0v) is 21.1. The number of nitrogens with one attached hydrogen (secondary N) is 1.